The number of nitrogens with zero attached hydrogens (tertiary/aromatic N) is 2. The molecule has 1 unspecified atom stereocenters. The zero-order chi connectivity index (χ0) is 39.7. The lowest BCUT2D eigenvalue weighted by molar-refractivity contribution is -0.209. The molecule has 57 heavy (non-hydrogen) atoms. The number of esters is 2. The quantitative estimate of drug-likeness (QED) is 0.168. The predicted molar refractivity (Wildman–Crippen MR) is 209 cm³/mol. The van der Waals surface area contributed by atoms with Crippen molar-refractivity contribution in [1.29, 1.82) is 0 Å². The number of nitrogens with one attached hydrogen (secondary N) is 2. The number of thioether (sulfide) groups is 1. The summed E-state index contributed by atoms with van der Waals surface area (Å²) in [4.78, 5) is 35.7. The Kier molecular flexibility index (Phi) is 8.31. The lowest BCUT2D eigenvalue weighted by Crippen LogP contribution is -2.69. The number of aryl methyl sites for hydroxylation is 1. The first-order chi connectivity index (χ1) is 27.4. The number of hydrogen-bond donors (Lipinski definition) is 4. The number of aromatic hydroxyl groups is 1. The van der Waals surface area contributed by atoms with E-state index in [1.165, 1.54) is 18.7 Å². The molecule has 300 valence electrons. The van der Waals surface area contributed by atoms with Crippen LogP contribution in [0.5, 0.6) is 34.5 Å². The van der Waals surface area contributed by atoms with Crippen molar-refractivity contribution in [2.24, 2.45) is 0 Å². The van der Waals surface area contributed by atoms with E-state index in [1.807, 2.05) is 45.2 Å². The lowest BCUT2D eigenvalue weighted by atomic mass is 9.77. The number of rotatable bonds is 3. The summed E-state index contributed by atoms with van der Waals surface area (Å²) in [6, 6.07) is 6.30. The van der Waals surface area contributed by atoms with Crippen LogP contribution >= 0.6 is 11.8 Å². The number of fused-ring (bicyclic) bond motifs is 6. The van der Waals surface area contributed by atoms with Crippen LogP contribution < -0.4 is 29.0 Å². The van der Waals surface area contributed by atoms with Crippen molar-refractivity contribution in [2.45, 2.75) is 74.7 Å². The summed E-state index contributed by atoms with van der Waals surface area (Å²) in [7, 11) is 5.16. The second-order valence-corrected chi connectivity index (χ2v) is 17.3. The van der Waals surface area contributed by atoms with E-state index in [0.717, 1.165) is 50.2 Å². The van der Waals surface area contributed by atoms with Crippen LogP contribution in [0.2, 0.25) is 0 Å². The number of aromatic amines is 1. The third-order valence-corrected chi connectivity index (χ3v) is 14.5. The molecule has 0 radical (unpaired) electrons. The number of aromatic nitrogens is 1. The Hall–Kier alpha value is -4.67. The number of carbonyl (C=O) groups excluding carboxylic acids is 2. The molecule has 3 aromatic carbocycles. The van der Waals surface area contributed by atoms with Crippen LogP contribution in [0.1, 0.15) is 75.3 Å². The van der Waals surface area contributed by atoms with Crippen molar-refractivity contribution < 1.29 is 48.2 Å². The fraction of sp³-hybridized carbons (Fsp3) is 0.476. The summed E-state index contributed by atoms with van der Waals surface area (Å²) >= 11 is 1.54. The highest BCUT2D eigenvalue weighted by Gasteiger charge is 2.63. The molecule has 4 bridgehead atoms. The average molecular weight is 799 g/mol. The number of piperazine rings is 1. The zero-order valence-corrected chi connectivity index (χ0v) is 33.6. The Balaban J connectivity index is 1.25. The molecule has 1 spiro atoms. The van der Waals surface area contributed by atoms with Crippen molar-refractivity contribution in [3.8, 4) is 34.5 Å². The van der Waals surface area contributed by atoms with Crippen molar-refractivity contribution in [3.05, 3.63) is 68.9 Å². The standard InChI is InChI=1S/C42H46N4O10S/c1-19-13-22-15-41(50)16-45(4)31(28(22)33(48)34(19)52-6)32-38-30-29(37-36(54-18-55-37)20(2)35(30)56-21(3)47)27(46(32)41)10-12-53-40(49)42(17-57-38)39-24(9-11-43-42)25-14-23(51-5)7-8-26(25)44-39/h7-8,13-14,27,31-32,38,43-44,48,50H,9-12,15-18H2,1-6H3/t27-,31+,32+,38+,41?,42+/m0/s1. The van der Waals surface area contributed by atoms with Gasteiger partial charge in [0, 0.05) is 83.8 Å². The second-order valence-electron chi connectivity index (χ2n) is 16.1. The molecule has 7 aliphatic heterocycles. The number of likely N-dealkylation sites (N-methyl/N-ethyl adjacent to an activating group) is 1. The maximum absolute atomic E-state index is 14.8. The molecule has 4 aromatic rings. The number of phenols is 1. The minimum Gasteiger partial charge on any atom is -0.504 e. The molecule has 1 aromatic heterocycles. The van der Waals surface area contributed by atoms with Crippen LogP contribution in [-0.4, -0.2) is 102 Å². The molecule has 7 aliphatic rings. The highest BCUT2D eigenvalue weighted by Crippen LogP contribution is 2.65. The number of phenolic OH excluding ortho intramolecular Hbond substituents is 1. The van der Waals surface area contributed by atoms with Crippen LogP contribution in [0.4, 0.5) is 0 Å². The van der Waals surface area contributed by atoms with Gasteiger partial charge < -0.3 is 43.6 Å². The summed E-state index contributed by atoms with van der Waals surface area (Å²) in [5, 5.41) is 29.4. The lowest BCUT2D eigenvalue weighted by Gasteiger charge is -2.60. The average Bonchev–Trinajstić information content (AvgIpc) is 3.76. The van der Waals surface area contributed by atoms with Gasteiger partial charge in [-0.05, 0) is 62.2 Å². The van der Waals surface area contributed by atoms with Gasteiger partial charge in [-0.3, -0.25) is 19.9 Å². The molecule has 0 saturated carbocycles. The molecule has 1 saturated heterocycles. The number of ether oxygens (including phenoxy) is 6. The van der Waals surface area contributed by atoms with Crippen LogP contribution in [0.3, 0.4) is 0 Å². The Labute approximate surface area is 333 Å². The van der Waals surface area contributed by atoms with Gasteiger partial charge in [0.05, 0.1) is 37.8 Å². The predicted octanol–water partition coefficient (Wildman–Crippen LogP) is 4.58. The van der Waals surface area contributed by atoms with E-state index in [1.54, 1.807) is 14.2 Å². The summed E-state index contributed by atoms with van der Waals surface area (Å²) in [6.07, 6.45) is 1.18. The van der Waals surface area contributed by atoms with E-state index >= 15 is 0 Å². The monoisotopic (exact) mass is 798 g/mol. The summed E-state index contributed by atoms with van der Waals surface area (Å²) < 4.78 is 36.3. The Morgan fingerprint density at radius 2 is 1.86 bits per heavy atom. The van der Waals surface area contributed by atoms with Crippen LogP contribution in [-0.2, 0) is 32.7 Å². The molecule has 1 fully saturated rings. The smallest absolute Gasteiger partial charge is 0.333 e. The van der Waals surface area contributed by atoms with E-state index in [-0.39, 0.29) is 44.3 Å². The fourth-order valence-electron chi connectivity index (χ4n) is 10.9. The van der Waals surface area contributed by atoms with Gasteiger partial charge in [0.1, 0.15) is 17.2 Å². The second kappa shape index (κ2) is 12.9. The maximum Gasteiger partial charge on any atom is 0.333 e. The molecule has 8 heterocycles. The molecule has 0 aliphatic carbocycles. The van der Waals surface area contributed by atoms with Crippen LogP contribution in [0.25, 0.3) is 10.9 Å². The number of H-pyrrole nitrogens is 1. The van der Waals surface area contributed by atoms with Crippen molar-refractivity contribution in [2.75, 3.05) is 53.5 Å². The van der Waals surface area contributed by atoms with E-state index in [2.05, 4.69) is 20.1 Å². The van der Waals surface area contributed by atoms with Crippen LogP contribution in [0, 0.1) is 13.8 Å². The number of aliphatic hydroxyl groups is 1. The van der Waals surface area contributed by atoms with E-state index < -0.39 is 46.6 Å². The largest absolute Gasteiger partial charge is 0.504 e. The van der Waals surface area contributed by atoms with Gasteiger partial charge >= 0.3 is 11.9 Å². The first kappa shape index (κ1) is 36.7. The fourth-order valence-corrected chi connectivity index (χ4v) is 12.6. The van der Waals surface area contributed by atoms with Gasteiger partial charge in [-0.1, -0.05) is 6.07 Å². The number of methoxy groups -OCH3 is 2. The van der Waals surface area contributed by atoms with E-state index in [0.29, 0.717) is 47.1 Å². The molecular formula is C42H46N4O10S. The van der Waals surface area contributed by atoms with Gasteiger partial charge in [0.25, 0.3) is 0 Å². The molecular weight excluding hydrogens is 753 g/mol. The number of benzene rings is 3. The summed E-state index contributed by atoms with van der Waals surface area (Å²) in [6.45, 7) is 5.92. The molecule has 6 atom stereocenters. The Morgan fingerprint density at radius 1 is 1.05 bits per heavy atom. The third-order valence-electron chi connectivity index (χ3n) is 13.0. The van der Waals surface area contributed by atoms with Crippen molar-refractivity contribution in [1.82, 2.24) is 20.1 Å². The highest BCUT2D eigenvalue weighted by molar-refractivity contribution is 7.99. The van der Waals surface area contributed by atoms with E-state index in [4.69, 9.17) is 28.4 Å². The van der Waals surface area contributed by atoms with Gasteiger partial charge in [-0.2, -0.15) is 0 Å². The zero-order valence-electron chi connectivity index (χ0n) is 32.7. The molecule has 14 nitrogen and oxygen atoms in total. The van der Waals surface area contributed by atoms with Crippen LogP contribution in [0.15, 0.2) is 24.3 Å². The van der Waals surface area contributed by atoms with E-state index in [9.17, 15) is 19.8 Å². The molecule has 4 N–H and O–H groups in total. The SMILES string of the molecule is COc1ccc2[nH]c3c(c2c1)CCN[C@]31CS[C@@H]2c3c(OC(C)=O)c(C)c4c(c3[C@H](CCOC1=O)N1[C@@H]2[C@H]2c3c(cc(C)c(OC)c3O)CC1(O)CN2C)OCO4. The van der Waals surface area contributed by atoms with Crippen molar-refractivity contribution >= 4 is 34.6 Å². The third kappa shape index (κ3) is 5.05. The first-order valence-corrected chi connectivity index (χ1v) is 20.4. The first-order valence-electron chi connectivity index (χ1n) is 19.4. The Morgan fingerprint density at radius 3 is 2.63 bits per heavy atom. The van der Waals surface area contributed by atoms with Gasteiger partial charge in [0.15, 0.2) is 28.5 Å². The maximum atomic E-state index is 14.8. The number of cyclic esters (lactones) is 1. The Bertz CT molecular complexity index is 2400. The number of carbonyl (C=O) groups is 2. The van der Waals surface area contributed by atoms with Gasteiger partial charge in [-0.15, -0.1) is 11.8 Å². The summed E-state index contributed by atoms with van der Waals surface area (Å²) in [5.74, 6) is 1.84. The molecule has 11 rings (SSSR count). The molecule has 0 amide bonds. The van der Waals surface area contributed by atoms with Gasteiger partial charge in [0.2, 0.25) is 6.79 Å². The topological polar surface area (TPSA) is 164 Å². The summed E-state index contributed by atoms with van der Waals surface area (Å²) in [5.41, 5.74) is 4.29. The van der Waals surface area contributed by atoms with Gasteiger partial charge in [-0.25, -0.2) is 4.79 Å². The number of hydrogen-bond acceptors (Lipinski definition) is 14. The van der Waals surface area contributed by atoms with Crippen molar-refractivity contribution in [3.63, 3.8) is 0 Å². The molecule has 15 heteroatoms. The minimum absolute atomic E-state index is 0.0163. The normalized spacial score (nSPS) is 28.9. The highest BCUT2D eigenvalue weighted by atomic mass is 32.2. The minimum atomic E-state index is -1.45.